The van der Waals surface area contributed by atoms with Crippen LogP contribution in [0.15, 0.2) is 72.9 Å². The van der Waals surface area contributed by atoms with Gasteiger partial charge >= 0.3 is 0 Å². The summed E-state index contributed by atoms with van der Waals surface area (Å²) in [5, 5.41) is 12.4. The van der Waals surface area contributed by atoms with E-state index in [0.717, 1.165) is 50.0 Å². The van der Waals surface area contributed by atoms with Crippen LogP contribution in [-0.2, 0) is 26.5 Å². The Morgan fingerprint density at radius 1 is 0.838 bits per heavy atom. The second kappa shape index (κ2) is 9.15. The van der Waals surface area contributed by atoms with Gasteiger partial charge in [-0.15, -0.1) is 5.52 Å². The Morgan fingerprint density at radius 2 is 1.62 bits per heavy atom. The minimum absolute atomic E-state index is 0. The molecule has 0 atom stereocenters. The second-order valence-corrected chi connectivity index (χ2v) is 10.8. The molecule has 0 aliphatic carbocycles. The first kappa shape index (κ1) is 25.2. The number of rotatable bonds is 3. The zero-order valence-electron chi connectivity index (χ0n) is 21.6. The molecule has 0 saturated heterocycles. The Labute approximate surface area is 230 Å². The molecule has 6 aromatic rings. The first-order valence-electron chi connectivity index (χ1n) is 12.4. The number of fused-ring (bicyclic) bond motifs is 3. The van der Waals surface area contributed by atoms with Crippen molar-refractivity contribution in [2.24, 2.45) is 0 Å². The molecule has 6 heteroatoms. The summed E-state index contributed by atoms with van der Waals surface area (Å²) in [6.07, 6.45) is 1.87. The van der Waals surface area contributed by atoms with Gasteiger partial charge in [0.1, 0.15) is 17.1 Å². The van der Waals surface area contributed by atoms with Gasteiger partial charge in [-0.2, -0.15) is 6.20 Å². The number of aromatic nitrogens is 4. The van der Waals surface area contributed by atoms with Crippen LogP contribution >= 0.6 is 0 Å². The number of imidazole rings is 1. The summed E-state index contributed by atoms with van der Waals surface area (Å²) < 4.78 is 2.30. The van der Waals surface area contributed by atoms with Gasteiger partial charge in [0.15, 0.2) is 0 Å². The van der Waals surface area contributed by atoms with Crippen LogP contribution in [0.3, 0.4) is 0 Å². The summed E-state index contributed by atoms with van der Waals surface area (Å²) in [6, 6.07) is 22.5. The molecule has 0 radical (unpaired) electrons. The minimum Gasteiger partial charge on any atom is -0.663 e. The quantitative estimate of drug-likeness (QED) is 0.211. The Balaban J connectivity index is 0.00000280. The molecular weight excluding hydrogens is 639 g/mol. The maximum Gasteiger partial charge on any atom is 0.141 e. The van der Waals surface area contributed by atoms with E-state index in [2.05, 4.69) is 75.6 Å². The standard InChI is InChI=1S/C31H29N4O.Pt/c1-18(2)35-25-10-7-9-22(24-13-12-19-8-6-11-26(36)28(19)33-24)29(25)34-30(35)23-17-21(31(3,4)5)16-20-14-15-32-27(20)23;/h6-18H,1-5H3,(H-,32,33,34,36);/q-1;. The average Bonchev–Trinajstić information content (AvgIpc) is 3.47. The molecule has 0 spiro atoms. The van der Waals surface area contributed by atoms with Crippen molar-refractivity contribution in [3.63, 3.8) is 0 Å². The largest absolute Gasteiger partial charge is 0.663 e. The van der Waals surface area contributed by atoms with Gasteiger partial charge in [-0.3, -0.25) is 0 Å². The fourth-order valence-electron chi connectivity index (χ4n) is 5.04. The van der Waals surface area contributed by atoms with E-state index in [1.807, 2.05) is 30.5 Å². The van der Waals surface area contributed by atoms with Gasteiger partial charge < -0.3 is 14.7 Å². The van der Waals surface area contributed by atoms with Crippen molar-refractivity contribution in [1.29, 1.82) is 0 Å². The SMILES string of the molecule is CC(C)n1c(-c2cc(C(C)(C)C)cc3cc[n-]c23)nc2c(-c3ccc4cccc(O)c4n3)cccc21.[Pt]. The van der Waals surface area contributed by atoms with Gasteiger partial charge in [-0.05, 0) is 54.5 Å². The molecule has 0 aliphatic heterocycles. The number of phenolic OH excluding ortho intramolecular Hbond substituents is 1. The van der Waals surface area contributed by atoms with E-state index in [-0.39, 0.29) is 38.3 Å². The number of hydrogen-bond acceptors (Lipinski definition) is 3. The van der Waals surface area contributed by atoms with Crippen LogP contribution in [0.4, 0.5) is 0 Å². The third-order valence-corrected chi connectivity index (χ3v) is 6.92. The van der Waals surface area contributed by atoms with Gasteiger partial charge in [0.25, 0.3) is 0 Å². The van der Waals surface area contributed by atoms with Crippen LogP contribution < -0.4 is 4.98 Å². The maximum atomic E-state index is 10.4. The van der Waals surface area contributed by atoms with Crippen LogP contribution in [0.25, 0.3) is 55.5 Å². The van der Waals surface area contributed by atoms with Gasteiger partial charge in [-0.1, -0.05) is 63.2 Å². The van der Waals surface area contributed by atoms with E-state index in [0.29, 0.717) is 5.52 Å². The minimum atomic E-state index is -0.00291. The van der Waals surface area contributed by atoms with Gasteiger partial charge in [0.2, 0.25) is 0 Å². The molecule has 0 bridgehead atoms. The van der Waals surface area contributed by atoms with Crippen molar-refractivity contribution < 1.29 is 26.2 Å². The van der Waals surface area contributed by atoms with Crippen molar-refractivity contribution in [2.75, 3.05) is 0 Å². The Morgan fingerprint density at radius 3 is 2.38 bits per heavy atom. The molecule has 3 aromatic heterocycles. The number of aromatic hydroxyl groups is 1. The summed E-state index contributed by atoms with van der Waals surface area (Å²) in [5.74, 6) is 1.09. The van der Waals surface area contributed by atoms with Crippen LogP contribution in [0.2, 0.25) is 0 Å². The molecular formula is C31H29N4OPt-. The summed E-state index contributed by atoms with van der Waals surface area (Å²) in [7, 11) is 0. The summed E-state index contributed by atoms with van der Waals surface area (Å²) >= 11 is 0. The van der Waals surface area contributed by atoms with E-state index in [1.54, 1.807) is 6.07 Å². The number of para-hydroxylation sites is 2. The zero-order valence-corrected chi connectivity index (χ0v) is 23.8. The maximum absolute atomic E-state index is 10.4. The zero-order chi connectivity index (χ0) is 25.2. The number of nitrogens with zero attached hydrogens (tertiary/aromatic N) is 4. The molecule has 0 fully saturated rings. The number of phenols is 1. The molecule has 190 valence electrons. The Bertz CT molecular complexity index is 1770. The summed E-state index contributed by atoms with van der Waals surface area (Å²) in [4.78, 5) is 14.8. The first-order valence-corrected chi connectivity index (χ1v) is 12.4. The summed E-state index contributed by atoms with van der Waals surface area (Å²) in [5.41, 5.74) is 7.53. The normalized spacial score (nSPS) is 12.1. The molecule has 0 unspecified atom stereocenters. The Hall–Kier alpha value is -3.43. The van der Waals surface area contributed by atoms with E-state index >= 15 is 0 Å². The van der Waals surface area contributed by atoms with E-state index in [9.17, 15) is 5.11 Å². The predicted octanol–water partition coefficient (Wildman–Crippen LogP) is 7.61. The number of pyridine rings is 1. The third-order valence-electron chi connectivity index (χ3n) is 6.92. The molecule has 0 amide bonds. The van der Waals surface area contributed by atoms with Crippen molar-refractivity contribution in [2.45, 2.75) is 46.1 Å². The molecule has 0 saturated carbocycles. The van der Waals surface area contributed by atoms with Gasteiger partial charge in [0.05, 0.1) is 16.7 Å². The Kier molecular flexibility index (Phi) is 6.24. The predicted molar refractivity (Wildman–Crippen MR) is 147 cm³/mol. The fourth-order valence-corrected chi connectivity index (χ4v) is 5.04. The van der Waals surface area contributed by atoms with Crippen LogP contribution in [0, 0.1) is 0 Å². The van der Waals surface area contributed by atoms with Crippen LogP contribution in [-0.4, -0.2) is 19.6 Å². The van der Waals surface area contributed by atoms with Crippen LogP contribution in [0.1, 0.15) is 46.2 Å². The number of benzene rings is 3. The van der Waals surface area contributed by atoms with E-state index in [4.69, 9.17) is 15.0 Å². The van der Waals surface area contributed by atoms with Crippen molar-refractivity contribution in [3.05, 3.63) is 78.5 Å². The third kappa shape index (κ3) is 4.16. The molecule has 6 rings (SSSR count). The molecule has 1 N–H and O–H groups in total. The van der Waals surface area contributed by atoms with Crippen LogP contribution in [0.5, 0.6) is 5.75 Å². The van der Waals surface area contributed by atoms with Gasteiger partial charge in [-0.25, -0.2) is 9.97 Å². The van der Waals surface area contributed by atoms with E-state index < -0.39 is 0 Å². The van der Waals surface area contributed by atoms with Crippen molar-refractivity contribution >= 4 is 32.8 Å². The fraction of sp³-hybridized carbons (Fsp3) is 0.226. The first-order chi connectivity index (χ1) is 17.2. The molecule has 37 heavy (non-hydrogen) atoms. The topological polar surface area (TPSA) is 65.0 Å². The second-order valence-electron chi connectivity index (χ2n) is 10.8. The van der Waals surface area contributed by atoms with E-state index in [1.165, 1.54) is 5.56 Å². The smallest absolute Gasteiger partial charge is 0.141 e. The van der Waals surface area contributed by atoms with Crippen molar-refractivity contribution in [3.8, 4) is 28.4 Å². The van der Waals surface area contributed by atoms with Gasteiger partial charge in [0, 0.05) is 43.6 Å². The molecule has 3 heterocycles. The molecule has 5 nitrogen and oxygen atoms in total. The number of hydrogen-bond donors (Lipinski definition) is 1. The molecule has 3 aromatic carbocycles. The molecule has 0 aliphatic rings. The monoisotopic (exact) mass is 668 g/mol. The summed E-state index contributed by atoms with van der Waals surface area (Å²) in [6.45, 7) is 11.1. The van der Waals surface area contributed by atoms with Crippen molar-refractivity contribution in [1.82, 2.24) is 19.5 Å². The average molecular weight is 669 g/mol.